The van der Waals surface area contributed by atoms with Gasteiger partial charge in [-0.2, -0.15) is 0 Å². The molecule has 5 heteroatoms. The summed E-state index contributed by atoms with van der Waals surface area (Å²) in [5.41, 5.74) is 0.863. The van der Waals surface area contributed by atoms with Gasteiger partial charge in [0, 0.05) is 16.7 Å². The topological polar surface area (TPSA) is 46.5 Å². The maximum Gasteiger partial charge on any atom is 0.328 e. The lowest BCUT2D eigenvalue weighted by Gasteiger charge is -2.07. The lowest BCUT2D eigenvalue weighted by Crippen LogP contribution is -1.98. The molecule has 2 rings (SSSR count). The number of carboxylic acids is 1. The first-order valence-electron chi connectivity index (χ1n) is 6.12. The van der Waals surface area contributed by atoms with Gasteiger partial charge in [-0.05, 0) is 42.0 Å². The summed E-state index contributed by atoms with van der Waals surface area (Å²) < 4.78 is 19.3. The van der Waals surface area contributed by atoms with Crippen molar-refractivity contribution < 1.29 is 19.0 Å². The van der Waals surface area contributed by atoms with Crippen molar-refractivity contribution in [2.24, 2.45) is 0 Å². The Hall–Kier alpha value is -2.33. The molecule has 0 aliphatic carbocycles. The fraction of sp³-hybridized carbons (Fsp3) is 0.0625. The monoisotopic (exact) mass is 306 g/mol. The molecule has 0 bridgehead atoms. The van der Waals surface area contributed by atoms with Crippen LogP contribution in [0.25, 0.3) is 6.08 Å². The molecule has 3 nitrogen and oxygen atoms in total. The van der Waals surface area contributed by atoms with Gasteiger partial charge in [0.25, 0.3) is 0 Å². The van der Waals surface area contributed by atoms with Crippen LogP contribution in [0.4, 0.5) is 4.39 Å². The van der Waals surface area contributed by atoms with E-state index in [9.17, 15) is 9.18 Å². The zero-order valence-electron chi connectivity index (χ0n) is 10.9. The number of aliphatic carboxylic acids is 1. The number of halogens is 2. The van der Waals surface area contributed by atoms with Crippen molar-refractivity contribution in [3.05, 3.63) is 70.5 Å². The number of carbonyl (C=O) groups is 1. The summed E-state index contributed by atoms with van der Waals surface area (Å²) in [5.74, 6) is -0.935. The van der Waals surface area contributed by atoms with E-state index in [1.54, 1.807) is 36.4 Å². The molecule has 0 fully saturated rings. The fourth-order valence-corrected chi connectivity index (χ4v) is 1.77. The van der Waals surface area contributed by atoms with Crippen LogP contribution >= 0.6 is 11.6 Å². The summed E-state index contributed by atoms with van der Waals surface area (Å²) >= 11 is 5.76. The summed E-state index contributed by atoms with van der Waals surface area (Å²) in [6.45, 7) is 0.0798. The molecule has 0 radical (unpaired) electrons. The molecule has 0 atom stereocenters. The van der Waals surface area contributed by atoms with Crippen LogP contribution in [-0.4, -0.2) is 11.1 Å². The molecule has 0 aromatic heterocycles. The van der Waals surface area contributed by atoms with Gasteiger partial charge in [0.05, 0.1) is 0 Å². The van der Waals surface area contributed by atoms with E-state index in [1.165, 1.54) is 12.1 Å². The first-order chi connectivity index (χ1) is 10.0. The van der Waals surface area contributed by atoms with E-state index in [0.717, 1.165) is 6.08 Å². The highest BCUT2D eigenvalue weighted by Crippen LogP contribution is 2.18. The summed E-state index contributed by atoms with van der Waals surface area (Å²) in [6.07, 6.45) is 2.29. The molecule has 0 saturated carbocycles. The van der Waals surface area contributed by atoms with Gasteiger partial charge in [0.2, 0.25) is 0 Å². The molecule has 0 aliphatic rings. The van der Waals surface area contributed by atoms with Gasteiger partial charge in [-0.3, -0.25) is 0 Å². The van der Waals surface area contributed by atoms with Crippen LogP contribution in [-0.2, 0) is 11.4 Å². The van der Waals surface area contributed by atoms with Gasteiger partial charge in [0.1, 0.15) is 18.2 Å². The Morgan fingerprint density at radius 3 is 2.57 bits per heavy atom. The third-order valence-corrected chi connectivity index (χ3v) is 2.96. The second kappa shape index (κ2) is 6.90. The average Bonchev–Trinajstić information content (AvgIpc) is 2.46. The van der Waals surface area contributed by atoms with Crippen LogP contribution in [0, 0.1) is 5.82 Å². The molecular formula is C16H12ClFO3. The standard InChI is InChI=1S/C16H12ClFO3/c17-13-4-6-14(7-5-13)21-10-12-3-1-11(9-15(12)18)2-8-16(19)20/h1-9H,10H2,(H,19,20). The van der Waals surface area contributed by atoms with Crippen molar-refractivity contribution in [2.75, 3.05) is 0 Å². The summed E-state index contributed by atoms with van der Waals surface area (Å²) in [4.78, 5) is 10.4. The van der Waals surface area contributed by atoms with E-state index in [2.05, 4.69) is 0 Å². The van der Waals surface area contributed by atoms with E-state index in [-0.39, 0.29) is 6.61 Å². The van der Waals surface area contributed by atoms with Crippen molar-refractivity contribution in [1.82, 2.24) is 0 Å². The molecule has 0 spiro atoms. The van der Waals surface area contributed by atoms with Crippen LogP contribution in [0.2, 0.25) is 5.02 Å². The number of rotatable bonds is 5. The molecular weight excluding hydrogens is 295 g/mol. The van der Waals surface area contributed by atoms with Gasteiger partial charge in [-0.1, -0.05) is 23.7 Å². The highest BCUT2D eigenvalue weighted by atomic mass is 35.5. The largest absolute Gasteiger partial charge is 0.489 e. The van der Waals surface area contributed by atoms with Crippen molar-refractivity contribution >= 4 is 23.6 Å². The van der Waals surface area contributed by atoms with Crippen LogP contribution in [0.15, 0.2) is 48.5 Å². The zero-order valence-corrected chi connectivity index (χ0v) is 11.7. The first-order valence-corrected chi connectivity index (χ1v) is 6.50. The molecule has 0 amide bonds. The highest BCUT2D eigenvalue weighted by molar-refractivity contribution is 6.30. The van der Waals surface area contributed by atoms with Gasteiger partial charge >= 0.3 is 5.97 Å². The van der Waals surface area contributed by atoms with Gasteiger partial charge < -0.3 is 9.84 Å². The van der Waals surface area contributed by atoms with Gasteiger partial charge in [0.15, 0.2) is 0 Å². The summed E-state index contributed by atoms with van der Waals surface area (Å²) in [6, 6.07) is 11.2. The molecule has 21 heavy (non-hydrogen) atoms. The third-order valence-electron chi connectivity index (χ3n) is 2.70. The maximum atomic E-state index is 13.9. The number of hydrogen-bond donors (Lipinski definition) is 1. The smallest absolute Gasteiger partial charge is 0.328 e. The highest BCUT2D eigenvalue weighted by Gasteiger charge is 2.04. The number of hydrogen-bond acceptors (Lipinski definition) is 2. The van der Waals surface area contributed by atoms with Crippen LogP contribution in [0.5, 0.6) is 5.75 Å². The Labute approximate surface area is 126 Å². The zero-order chi connectivity index (χ0) is 15.2. The Bertz CT molecular complexity index is 666. The van der Waals surface area contributed by atoms with Crippen LogP contribution in [0.1, 0.15) is 11.1 Å². The molecule has 2 aromatic carbocycles. The molecule has 0 aliphatic heterocycles. The van der Waals surface area contributed by atoms with E-state index >= 15 is 0 Å². The van der Waals surface area contributed by atoms with Crippen molar-refractivity contribution in [2.45, 2.75) is 6.61 Å². The normalized spacial score (nSPS) is 10.8. The van der Waals surface area contributed by atoms with Crippen LogP contribution in [0.3, 0.4) is 0 Å². The quantitative estimate of drug-likeness (QED) is 0.844. The lowest BCUT2D eigenvalue weighted by atomic mass is 10.1. The molecule has 0 saturated heterocycles. The molecule has 108 valence electrons. The molecule has 0 unspecified atom stereocenters. The average molecular weight is 307 g/mol. The van der Waals surface area contributed by atoms with Crippen molar-refractivity contribution in [3.8, 4) is 5.75 Å². The Morgan fingerprint density at radius 1 is 1.24 bits per heavy atom. The van der Waals surface area contributed by atoms with E-state index in [4.69, 9.17) is 21.4 Å². The van der Waals surface area contributed by atoms with Crippen molar-refractivity contribution in [3.63, 3.8) is 0 Å². The van der Waals surface area contributed by atoms with E-state index in [0.29, 0.717) is 21.9 Å². The van der Waals surface area contributed by atoms with Gasteiger partial charge in [-0.15, -0.1) is 0 Å². The molecule has 2 aromatic rings. The predicted octanol–water partition coefficient (Wildman–Crippen LogP) is 4.16. The van der Waals surface area contributed by atoms with Crippen LogP contribution < -0.4 is 4.74 Å². The fourth-order valence-electron chi connectivity index (χ4n) is 1.64. The molecule has 0 heterocycles. The first kappa shape index (κ1) is 15.1. The lowest BCUT2D eigenvalue weighted by molar-refractivity contribution is -0.131. The summed E-state index contributed by atoms with van der Waals surface area (Å²) in [5, 5.41) is 9.12. The predicted molar refractivity (Wildman–Crippen MR) is 78.9 cm³/mol. The number of carboxylic acid groups (broad SMARTS) is 1. The second-order valence-corrected chi connectivity index (χ2v) is 4.70. The Kier molecular flexibility index (Phi) is 4.95. The van der Waals surface area contributed by atoms with E-state index in [1.807, 2.05) is 0 Å². The number of ether oxygens (including phenoxy) is 1. The Morgan fingerprint density at radius 2 is 1.95 bits per heavy atom. The molecule has 1 N–H and O–H groups in total. The minimum absolute atomic E-state index is 0.0798. The minimum Gasteiger partial charge on any atom is -0.489 e. The van der Waals surface area contributed by atoms with E-state index < -0.39 is 11.8 Å². The Balaban J connectivity index is 2.04. The maximum absolute atomic E-state index is 13.9. The SMILES string of the molecule is O=C(O)C=Cc1ccc(COc2ccc(Cl)cc2)c(F)c1. The second-order valence-electron chi connectivity index (χ2n) is 4.27. The number of benzene rings is 2. The third kappa shape index (κ3) is 4.61. The van der Waals surface area contributed by atoms with Gasteiger partial charge in [-0.25, -0.2) is 9.18 Å². The minimum atomic E-state index is -1.08. The van der Waals surface area contributed by atoms with Crippen molar-refractivity contribution in [1.29, 1.82) is 0 Å². The summed E-state index contributed by atoms with van der Waals surface area (Å²) in [7, 11) is 0.